The van der Waals surface area contributed by atoms with Crippen LogP contribution >= 0.6 is 0 Å². The minimum atomic E-state index is 0.493. The van der Waals surface area contributed by atoms with Crippen LogP contribution in [0, 0.1) is 5.41 Å². The molecule has 1 aliphatic rings. The van der Waals surface area contributed by atoms with Gasteiger partial charge in [0.25, 0.3) is 0 Å². The summed E-state index contributed by atoms with van der Waals surface area (Å²) in [5.74, 6) is 0. The van der Waals surface area contributed by atoms with Gasteiger partial charge in [-0.25, -0.2) is 0 Å². The first kappa shape index (κ1) is 12.0. The molecule has 14 heavy (non-hydrogen) atoms. The molecule has 0 aromatic rings. The van der Waals surface area contributed by atoms with Crippen molar-refractivity contribution >= 4 is 0 Å². The Hall–Kier alpha value is -0.0800. The molecule has 2 heteroatoms. The van der Waals surface area contributed by atoms with Crippen molar-refractivity contribution in [2.45, 2.75) is 46.1 Å². The van der Waals surface area contributed by atoms with E-state index in [0.29, 0.717) is 5.41 Å². The van der Waals surface area contributed by atoms with Crippen LogP contribution in [0.1, 0.15) is 40.0 Å². The molecule has 1 fully saturated rings. The Labute approximate surface area is 89.1 Å². The summed E-state index contributed by atoms with van der Waals surface area (Å²) >= 11 is 0. The molecule has 1 N–H and O–H groups in total. The molecule has 0 spiro atoms. The zero-order valence-electron chi connectivity index (χ0n) is 10.3. The number of nitrogens with one attached hydrogen (secondary N) is 1. The summed E-state index contributed by atoms with van der Waals surface area (Å²) in [7, 11) is 2.08. The molecule has 0 unspecified atom stereocenters. The summed E-state index contributed by atoms with van der Waals surface area (Å²) in [5, 5.41) is 3.37. The first-order valence-corrected chi connectivity index (χ1v) is 5.97. The second-order valence-corrected chi connectivity index (χ2v) is 5.36. The van der Waals surface area contributed by atoms with Gasteiger partial charge in [-0.2, -0.15) is 0 Å². The molecule has 0 saturated carbocycles. The number of nitrogens with zero attached hydrogens (tertiary/aromatic N) is 1. The summed E-state index contributed by atoms with van der Waals surface area (Å²) in [6, 6.07) is 0.760. The number of hydrogen-bond donors (Lipinski definition) is 1. The van der Waals surface area contributed by atoms with Crippen molar-refractivity contribution in [3.8, 4) is 0 Å². The van der Waals surface area contributed by atoms with E-state index in [1.165, 1.54) is 38.9 Å². The third kappa shape index (κ3) is 3.58. The van der Waals surface area contributed by atoms with E-state index in [1.807, 2.05) is 0 Å². The van der Waals surface area contributed by atoms with E-state index in [1.54, 1.807) is 0 Å². The molecule has 1 saturated heterocycles. The smallest absolute Gasteiger partial charge is 0.00884 e. The summed E-state index contributed by atoms with van der Waals surface area (Å²) in [6.45, 7) is 10.8. The van der Waals surface area contributed by atoms with Gasteiger partial charge in [-0.05, 0) is 44.8 Å². The Bertz CT molecular complexity index is 158. The summed E-state index contributed by atoms with van der Waals surface area (Å²) < 4.78 is 0. The minimum Gasteiger partial charge on any atom is -0.317 e. The summed E-state index contributed by atoms with van der Waals surface area (Å²) in [6.07, 6.45) is 3.91. The maximum Gasteiger partial charge on any atom is 0.00884 e. The van der Waals surface area contributed by atoms with E-state index in [0.717, 1.165) is 6.04 Å². The Kier molecular flexibility index (Phi) is 4.39. The molecular weight excluding hydrogens is 172 g/mol. The van der Waals surface area contributed by atoms with Gasteiger partial charge in [0.1, 0.15) is 0 Å². The lowest BCUT2D eigenvalue weighted by Gasteiger charge is -2.37. The Morgan fingerprint density at radius 1 is 1.29 bits per heavy atom. The Balaban J connectivity index is 2.28. The second-order valence-electron chi connectivity index (χ2n) is 5.36. The normalized spacial score (nSPS) is 21.4. The maximum atomic E-state index is 3.37. The van der Waals surface area contributed by atoms with E-state index in [2.05, 4.69) is 38.0 Å². The van der Waals surface area contributed by atoms with Crippen LogP contribution in [0.2, 0.25) is 0 Å². The van der Waals surface area contributed by atoms with Crippen molar-refractivity contribution in [1.29, 1.82) is 0 Å². The molecule has 0 atom stereocenters. The molecule has 0 aromatic heterocycles. The molecule has 0 amide bonds. The molecule has 0 aliphatic carbocycles. The van der Waals surface area contributed by atoms with Gasteiger partial charge < -0.3 is 10.2 Å². The monoisotopic (exact) mass is 198 g/mol. The standard InChI is InChI=1S/C12H26N2/c1-5-12(2,3)10-14-8-6-11(13-4)7-9-14/h11,13H,5-10H2,1-4H3. The SMILES string of the molecule is CCC(C)(C)CN1CCC(NC)CC1. The zero-order chi connectivity index (χ0) is 10.6. The predicted molar refractivity (Wildman–Crippen MR) is 62.6 cm³/mol. The average molecular weight is 198 g/mol. The van der Waals surface area contributed by atoms with Gasteiger partial charge in [0.15, 0.2) is 0 Å². The number of rotatable bonds is 4. The third-order valence-corrected chi connectivity index (χ3v) is 3.60. The maximum absolute atomic E-state index is 3.37. The predicted octanol–water partition coefficient (Wildman–Crippen LogP) is 2.11. The Morgan fingerprint density at radius 3 is 2.29 bits per heavy atom. The van der Waals surface area contributed by atoms with E-state index >= 15 is 0 Å². The zero-order valence-corrected chi connectivity index (χ0v) is 10.3. The first-order valence-electron chi connectivity index (χ1n) is 5.97. The van der Waals surface area contributed by atoms with E-state index in [-0.39, 0.29) is 0 Å². The third-order valence-electron chi connectivity index (χ3n) is 3.60. The molecule has 0 aromatic carbocycles. The number of likely N-dealkylation sites (tertiary alicyclic amines) is 1. The highest BCUT2D eigenvalue weighted by molar-refractivity contribution is 4.79. The quantitative estimate of drug-likeness (QED) is 0.744. The van der Waals surface area contributed by atoms with Crippen molar-refractivity contribution in [1.82, 2.24) is 10.2 Å². The lowest BCUT2D eigenvalue weighted by atomic mass is 9.89. The van der Waals surface area contributed by atoms with Gasteiger partial charge in [-0.3, -0.25) is 0 Å². The fourth-order valence-electron chi connectivity index (χ4n) is 2.10. The molecule has 84 valence electrons. The first-order chi connectivity index (χ1) is 6.57. The van der Waals surface area contributed by atoms with Crippen molar-refractivity contribution in [2.24, 2.45) is 5.41 Å². The molecule has 1 heterocycles. The lowest BCUT2D eigenvalue weighted by molar-refractivity contribution is 0.136. The van der Waals surface area contributed by atoms with Crippen LogP contribution in [0.5, 0.6) is 0 Å². The molecule has 1 aliphatic heterocycles. The average Bonchev–Trinajstić information content (AvgIpc) is 2.19. The lowest BCUT2D eigenvalue weighted by Crippen LogP contribution is -2.44. The van der Waals surface area contributed by atoms with Gasteiger partial charge in [-0.1, -0.05) is 20.8 Å². The van der Waals surface area contributed by atoms with Crippen molar-refractivity contribution in [3.05, 3.63) is 0 Å². The van der Waals surface area contributed by atoms with Crippen molar-refractivity contribution in [3.63, 3.8) is 0 Å². The Morgan fingerprint density at radius 2 is 1.86 bits per heavy atom. The van der Waals surface area contributed by atoms with Crippen LogP contribution in [0.25, 0.3) is 0 Å². The van der Waals surface area contributed by atoms with Gasteiger partial charge in [0.2, 0.25) is 0 Å². The highest BCUT2D eigenvalue weighted by Gasteiger charge is 2.23. The summed E-state index contributed by atoms with van der Waals surface area (Å²) in [4.78, 5) is 2.62. The second kappa shape index (κ2) is 5.13. The van der Waals surface area contributed by atoms with Crippen LogP contribution in [0.3, 0.4) is 0 Å². The van der Waals surface area contributed by atoms with Crippen LogP contribution in [0.15, 0.2) is 0 Å². The fourth-order valence-corrected chi connectivity index (χ4v) is 2.10. The highest BCUT2D eigenvalue weighted by atomic mass is 15.1. The van der Waals surface area contributed by atoms with Gasteiger partial charge >= 0.3 is 0 Å². The number of piperidine rings is 1. The summed E-state index contributed by atoms with van der Waals surface area (Å²) in [5.41, 5.74) is 0.493. The molecule has 2 nitrogen and oxygen atoms in total. The van der Waals surface area contributed by atoms with E-state index in [4.69, 9.17) is 0 Å². The van der Waals surface area contributed by atoms with Crippen molar-refractivity contribution < 1.29 is 0 Å². The van der Waals surface area contributed by atoms with Crippen LogP contribution in [-0.4, -0.2) is 37.6 Å². The van der Waals surface area contributed by atoms with Gasteiger partial charge in [-0.15, -0.1) is 0 Å². The molecule has 0 bridgehead atoms. The van der Waals surface area contributed by atoms with Crippen LogP contribution in [0.4, 0.5) is 0 Å². The minimum absolute atomic E-state index is 0.493. The largest absolute Gasteiger partial charge is 0.317 e. The highest BCUT2D eigenvalue weighted by Crippen LogP contribution is 2.23. The van der Waals surface area contributed by atoms with E-state index < -0.39 is 0 Å². The molecule has 0 radical (unpaired) electrons. The van der Waals surface area contributed by atoms with Crippen LogP contribution in [-0.2, 0) is 0 Å². The molecule has 1 rings (SSSR count). The van der Waals surface area contributed by atoms with Gasteiger partial charge in [0, 0.05) is 12.6 Å². The topological polar surface area (TPSA) is 15.3 Å². The van der Waals surface area contributed by atoms with Gasteiger partial charge in [0.05, 0.1) is 0 Å². The number of hydrogen-bond acceptors (Lipinski definition) is 2. The van der Waals surface area contributed by atoms with Crippen molar-refractivity contribution in [2.75, 3.05) is 26.7 Å². The van der Waals surface area contributed by atoms with Crippen LogP contribution < -0.4 is 5.32 Å². The molecular formula is C12H26N2. The van der Waals surface area contributed by atoms with E-state index in [9.17, 15) is 0 Å². The fraction of sp³-hybridized carbons (Fsp3) is 1.00.